The maximum Gasteiger partial charge on any atom is 0.407 e. The molecule has 3 aromatic heterocycles. The lowest BCUT2D eigenvalue weighted by molar-refractivity contribution is -0.0532. The normalized spacial score (nSPS) is 29.5. The first-order valence-corrected chi connectivity index (χ1v) is 11.4. The highest BCUT2D eigenvalue weighted by molar-refractivity contribution is 5.69. The fourth-order valence-electron chi connectivity index (χ4n) is 5.40. The number of fused-ring (bicyclic) bond motifs is 1. The minimum Gasteiger partial charge on any atom is -0.443 e. The van der Waals surface area contributed by atoms with Crippen LogP contribution in [0.3, 0.4) is 0 Å². The quantitative estimate of drug-likeness (QED) is 0.482. The molecule has 1 amide bonds. The Kier molecular flexibility index (Phi) is 4.94. The Morgan fingerprint density at radius 1 is 1.35 bits per heavy atom. The lowest BCUT2D eigenvalue weighted by atomic mass is 9.50. The highest BCUT2D eigenvalue weighted by Crippen LogP contribution is 2.57. The van der Waals surface area contributed by atoms with Gasteiger partial charge in [-0.3, -0.25) is 9.50 Å². The number of nitrogens with zero attached hydrogens (tertiary/aromatic N) is 4. The van der Waals surface area contributed by atoms with Gasteiger partial charge in [0.1, 0.15) is 12.3 Å². The number of alkyl carbamates (subject to hydrolysis) is 1. The van der Waals surface area contributed by atoms with Crippen molar-refractivity contribution in [3.63, 3.8) is 0 Å². The van der Waals surface area contributed by atoms with Gasteiger partial charge in [0, 0.05) is 36.5 Å². The zero-order valence-corrected chi connectivity index (χ0v) is 18.6. The van der Waals surface area contributed by atoms with Gasteiger partial charge in [-0.15, -0.1) is 0 Å². The molecular weight excluding hydrogens is 448 g/mol. The average Bonchev–Trinajstić information content (AvgIpc) is 3.47. The molecule has 4 aliphatic carbocycles. The van der Waals surface area contributed by atoms with Crippen molar-refractivity contribution in [3.8, 4) is 0 Å². The molecule has 3 heterocycles. The van der Waals surface area contributed by atoms with Crippen molar-refractivity contribution in [1.29, 1.82) is 0 Å². The van der Waals surface area contributed by atoms with Crippen LogP contribution >= 0.6 is 0 Å². The predicted molar refractivity (Wildman–Crippen MR) is 116 cm³/mol. The summed E-state index contributed by atoms with van der Waals surface area (Å²) in [5.41, 5.74) is 1.15. The molecule has 3 aromatic rings. The van der Waals surface area contributed by atoms with Crippen LogP contribution < -0.4 is 10.6 Å². The summed E-state index contributed by atoms with van der Waals surface area (Å²) in [6.07, 6.45) is 4.00. The number of aromatic nitrogens is 5. The highest BCUT2D eigenvalue weighted by Gasteiger charge is 2.58. The van der Waals surface area contributed by atoms with Gasteiger partial charge >= 0.3 is 6.09 Å². The monoisotopic (exact) mass is 473 g/mol. The van der Waals surface area contributed by atoms with Crippen LogP contribution in [0.5, 0.6) is 0 Å². The number of nitrogens with one attached hydrogen (secondary N) is 3. The van der Waals surface area contributed by atoms with Crippen molar-refractivity contribution in [2.45, 2.75) is 62.4 Å². The number of anilines is 2. The number of amides is 1. The molecule has 12 heteroatoms. The van der Waals surface area contributed by atoms with Crippen molar-refractivity contribution in [3.05, 3.63) is 35.7 Å². The SMILES string of the molecule is COCc1cn2c(Nc3cc([C@H]4CC[C@@H](OC(=O)NC56CC(C5)C6)[C@@H]4F)[nH]n3)ncc(F)c2n1. The van der Waals surface area contributed by atoms with Gasteiger partial charge in [0.05, 0.1) is 18.5 Å². The minimum atomic E-state index is -1.34. The summed E-state index contributed by atoms with van der Waals surface area (Å²) in [4.78, 5) is 20.5. The molecule has 10 nitrogen and oxygen atoms in total. The summed E-state index contributed by atoms with van der Waals surface area (Å²) in [5, 5.41) is 13.0. The number of imidazole rings is 1. The van der Waals surface area contributed by atoms with Crippen molar-refractivity contribution in [1.82, 2.24) is 29.9 Å². The number of aromatic amines is 1. The third-order valence-electron chi connectivity index (χ3n) is 7.19. The Morgan fingerprint density at radius 3 is 2.91 bits per heavy atom. The summed E-state index contributed by atoms with van der Waals surface area (Å²) in [6.45, 7) is 0.232. The van der Waals surface area contributed by atoms with Crippen molar-refractivity contribution in [2.75, 3.05) is 12.4 Å². The zero-order valence-electron chi connectivity index (χ0n) is 18.6. The maximum absolute atomic E-state index is 15.1. The van der Waals surface area contributed by atoms with Gasteiger partial charge in [0.2, 0.25) is 5.95 Å². The van der Waals surface area contributed by atoms with Crippen LogP contribution in [-0.2, 0) is 16.1 Å². The molecule has 0 unspecified atom stereocenters. The fraction of sp³-hybridized carbons (Fsp3) is 0.545. The lowest BCUT2D eigenvalue weighted by Gasteiger charge is -2.61. The molecule has 0 radical (unpaired) electrons. The van der Waals surface area contributed by atoms with Gasteiger partial charge in [-0.05, 0) is 38.0 Å². The summed E-state index contributed by atoms with van der Waals surface area (Å²) in [6, 6.07) is 1.69. The molecule has 34 heavy (non-hydrogen) atoms. The summed E-state index contributed by atoms with van der Waals surface area (Å²) in [7, 11) is 1.53. The number of H-pyrrole nitrogens is 1. The Labute approximate surface area is 193 Å². The van der Waals surface area contributed by atoms with E-state index in [0.29, 0.717) is 36.0 Å². The van der Waals surface area contributed by atoms with E-state index in [1.807, 2.05) is 0 Å². The van der Waals surface area contributed by atoms with Crippen LogP contribution in [-0.4, -0.2) is 55.6 Å². The third kappa shape index (κ3) is 3.56. The van der Waals surface area contributed by atoms with E-state index >= 15 is 4.39 Å². The van der Waals surface area contributed by atoms with Crippen LogP contribution in [0.15, 0.2) is 18.5 Å². The van der Waals surface area contributed by atoms with E-state index < -0.39 is 30.1 Å². The first-order chi connectivity index (χ1) is 16.4. The fourth-order valence-corrected chi connectivity index (χ4v) is 5.40. The third-order valence-corrected chi connectivity index (χ3v) is 7.19. The molecule has 0 saturated heterocycles. The summed E-state index contributed by atoms with van der Waals surface area (Å²) >= 11 is 0. The lowest BCUT2D eigenvalue weighted by Crippen LogP contribution is -2.68. The van der Waals surface area contributed by atoms with Crippen molar-refractivity contribution < 1.29 is 23.0 Å². The Bertz CT molecular complexity index is 1230. The molecule has 2 bridgehead atoms. The number of hydrogen-bond acceptors (Lipinski definition) is 7. The second-order valence-corrected chi connectivity index (χ2v) is 9.58. The van der Waals surface area contributed by atoms with E-state index in [0.717, 1.165) is 31.4 Å². The average molecular weight is 473 g/mol. The second-order valence-electron chi connectivity index (χ2n) is 9.58. The molecular formula is C22H25F2N7O3. The molecule has 4 fully saturated rings. The molecule has 0 aromatic carbocycles. The number of ether oxygens (including phenoxy) is 2. The Morgan fingerprint density at radius 2 is 2.18 bits per heavy atom. The number of methoxy groups -OCH3 is 1. The van der Waals surface area contributed by atoms with Gasteiger partial charge in [-0.2, -0.15) is 5.10 Å². The van der Waals surface area contributed by atoms with E-state index in [2.05, 4.69) is 30.8 Å². The molecule has 4 aliphatic rings. The number of carbonyl (C=O) groups is 1. The molecule has 180 valence electrons. The van der Waals surface area contributed by atoms with Gasteiger partial charge in [-0.1, -0.05) is 0 Å². The molecule has 0 aliphatic heterocycles. The van der Waals surface area contributed by atoms with Gasteiger partial charge in [0.25, 0.3) is 0 Å². The Balaban J connectivity index is 1.12. The largest absolute Gasteiger partial charge is 0.443 e. The van der Waals surface area contributed by atoms with Gasteiger partial charge in [-0.25, -0.2) is 23.5 Å². The molecule has 4 saturated carbocycles. The van der Waals surface area contributed by atoms with E-state index in [1.54, 1.807) is 12.3 Å². The van der Waals surface area contributed by atoms with Crippen LogP contribution in [0.2, 0.25) is 0 Å². The second kappa shape index (κ2) is 7.90. The predicted octanol–water partition coefficient (Wildman–Crippen LogP) is 3.34. The first kappa shape index (κ1) is 21.3. The van der Waals surface area contributed by atoms with Crippen LogP contribution in [0.1, 0.15) is 49.4 Å². The number of halogens is 2. The highest BCUT2D eigenvalue weighted by atomic mass is 19.1. The summed E-state index contributed by atoms with van der Waals surface area (Å²) in [5.74, 6) is 0.398. The molecule has 3 N–H and O–H groups in total. The van der Waals surface area contributed by atoms with Crippen LogP contribution in [0.4, 0.5) is 25.3 Å². The Hall–Kier alpha value is -3.28. The minimum absolute atomic E-state index is 0.102. The van der Waals surface area contributed by atoms with E-state index in [-0.39, 0.29) is 17.8 Å². The standard InChI is InChI=1S/C22H25F2N7O3/c1-33-10-12-9-31-19(26-12)14(23)8-25-20(31)27-17-4-15(29-30-17)13-2-3-16(18(13)24)34-21(32)28-22-5-11(6-22)7-22/h4,8-9,11,13,16,18H,2-3,5-7,10H2,1H3,(H,28,32)(H2,25,27,29,30)/t11?,13-,16-,18-,22?/m1/s1. The maximum atomic E-state index is 15.1. The molecule has 3 atom stereocenters. The topological polar surface area (TPSA) is 118 Å². The van der Waals surface area contributed by atoms with Crippen LogP contribution in [0, 0.1) is 11.7 Å². The number of carbonyl (C=O) groups excluding carboxylic acids is 1. The van der Waals surface area contributed by atoms with Crippen molar-refractivity contribution >= 4 is 23.5 Å². The number of hydrogen-bond donors (Lipinski definition) is 3. The van der Waals surface area contributed by atoms with Gasteiger partial charge < -0.3 is 20.1 Å². The first-order valence-electron chi connectivity index (χ1n) is 11.4. The van der Waals surface area contributed by atoms with Crippen LogP contribution in [0.25, 0.3) is 5.65 Å². The molecule has 0 spiro atoms. The number of rotatable bonds is 7. The van der Waals surface area contributed by atoms with E-state index in [4.69, 9.17) is 9.47 Å². The van der Waals surface area contributed by atoms with Gasteiger partial charge in [0.15, 0.2) is 17.3 Å². The van der Waals surface area contributed by atoms with E-state index in [9.17, 15) is 9.18 Å². The summed E-state index contributed by atoms with van der Waals surface area (Å²) < 4.78 is 41.2. The smallest absolute Gasteiger partial charge is 0.407 e. The zero-order chi connectivity index (χ0) is 23.4. The molecule has 7 rings (SSSR count). The van der Waals surface area contributed by atoms with E-state index in [1.165, 1.54) is 11.5 Å². The number of alkyl halides is 1. The van der Waals surface area contributed by atoms with Crippen molar-refractivity contribution in [2.24, 2.45) is 5.92 Å².